The second kappa shape index (κ2) is 10.7. The molecule has 3 aromatic heterocycles. The van der Waals surface area contributed by atoms with Gasteiger partial charge in [0, 0.05) is 40.6 Å². The number of rotatable bonds is 9. The molecule has 3 heterocycles. The van der Waals surface area contributed by atoms with E-state index in [1.54, 1.807) is 25.1 Å². The SMILES string of the molecule is CC(=O)c1cc(N[C@H](c2cn(C3(C(F)F)CC3)nn2)c2ccc(F)nc2C)cc2c(NCC(C)(C)C)c(C#N)cnc12. The highest BCUT2D eigenvalue weighted by atomic mass is 19.3. The Labute approximate surface area is 241 Å². The topological polar surface area (TPSA) is 121 Å². The average Bonchev–Trinajstić information content (AvgIpc) is 3.60. The van der Waals surface area contributed by atoms with Gasteiger partial charge in [-0.25, -0.2) is 18.4 Å². The molecule has 5 rings (SSSR count). The number of fused-ring (bicyclic) bond motifs is 1. The summed E-state index contributed by atoms with van der Waals surface area (Å²) in [5, 5.41) is 25.4. The number of anilines is 2. The van der Waals surface area contributed by atoms with Crippen molar-refractivity contribution in [1.82, 2.24) is 25.0 Å². The van der Waals surface area contributed by atoms with E-state index in [2.05, 4.69) is 57.8 Å². The Morgan fingerprint density at radius 3 is 2.57 bits per heavy atom. The van der Waals surface area contributed by atoms with E-state index in [1.807, 2.05) is 0 Å². The van der Waals surface area contributed by atoms with Crippen LogP contribution in [0.25, 0.3) is 10.9 Å². The largest absolute Gasteiger partial charge is 0.383 e. The number of carbonyl (C=O) groups is 1. The van der Waals surface area contributed by atoms with Gasteiger partial charge in [0.15, 0.2) is 5.78 Å². The number of halogens is 3. The van der Waals surface area contributed by atoms with Crippen molar-refractivity contribution in [3.63, 3.8) is 0 Å². The van der Waals surface area contributed by atoms with Crippen molar-refractivity contribution in [3.8, 4) is 6.07 Å². The molecule has 4 aromatic rings. The van der Waals surface area contributed by atoms with Crippen molar-refractivity contribution in [2.75, 3.05) is 17.2 Å². The first-order chi connectivity index (χ1) is 19.8. The number of benzene rings is 1. The maximum absolute atomic E-state index is 14.0. The van der Waals surface area contributed by atoms with Crippen molar-refractivity contribution in [2.45, 2.75) is 65.5 Å². The fraction of sp³-hybridized carbons (Fsp3) is 0.400. The third-order valence-electron chi connectivity index (χ3n) is 7.41. The molecular formula is C30H31F3N8O. The quantitative estimate of drug-likeness (QED) is 0.180. The highest BCUT2D eigenvalue weighted by Gasteiger charge is 2.54. The minimum absolute atomic E-state index is 0.108. The third kappa shape index (κ3) is 5.51. The molecule has 1 aromatic carbocycles. The Hall–Kier alpha value is -4.53. The Balaban J connectivity index is 1.66. The fourth-order valence-electron chi connectivity index (χ4n) is 4.91. The van der Waals surface area contributed by atoms with Crippen LogP contribution in [0.3, 0.4) is 0 Å². The molecule has 1 aliphatic rings. The standard InChI is InChI=1S/C30H31F3N8O/c1-16-20(6-7-24(31)37-16)27(23-14-41(40-39-23)30(8-9-30)28(32)33)38-19-10-21(17(2)42)26-22(11-19)25(18(12-34)13-35-26)36-15-29(3,4)5/h6-7,10-11,13-14,27-28,38H,8-9,15H2,1-5H3,(H,35,36)/t27-/m0/s1. The minimum atomic E-state index is -2.60. The molecule has 0 unspecified atom stereocenters. The third-order valence-corrected chi connectivity index (χ3v) is 7.41. The van der Waals surface area contributed by atoms with Crippen LogP contribution in [0.2, 0.25) is 0 Å². The summed E-state index contributed by atoms with van der Waals surface area (Å²) in [5.74, 6) is -0.903. The Kier molecular flexibility index (Phi) is 7.39. The van der Waals surface area contributed by atoms with Crippen LogP contribution in [0.1, 0.15) is 79.5 Å². The summed E-state index contributed by atoms with van der Waals surface area (Å²) >= 11 is 0. The number of alkyl halides is 2. The molecule has 1 atom stereocenters. The number of aromatic nitrogens is 5. The lowest BCUT2D eigenvalue weighted by Gasteiger charge is -2.23. The average molecular weight is 577 g/mol. The lowest BCUT2D eigenvalue weighted by molar-refractivity contribution is 0.0593. The number of nitrogens with zero attached hydrogens (tertiary/aromatic N) is 6. The first-order valence-electron chi connectivity index (χ1n) is 13.5. The van der Waals surface area contributed by atoms with Crippen LogP contribution in [-0.4, -0.2) is 43.7 Å². The Morgan fingerprint density at radius 1 is 1.24 bits per heavy atom. The second-order valence-corrected chi connectivity index (χ2v) is 11.9. The number of Topliss-reactive ketones (excluding diaryl/α,β-unsaturated/α-hetero) is 1. The van der Waals surface area contributed by atoms with Crippen LogP contribution in [0, 0.1) is 29.6 Å². The molecule has 0 amide bonds. The van der Waals surface area contributed by atoms with Gasteiger partial charge in [0.2, 0.25) is 5.95 Å². The summed E-state index contributed by atoms with van der Waals surface area (Å²) in [6.07, 6.45) is 0.880. The zero-order chi connectivity index (χ0) is 30.4. The number of ketones is 1. The van der Waals surface area contributed by atoms with Gasteiger partial charge in [0.1, 0.15) is 17.3 Å². The van der Waals surface area contributed by atoms with E-state index in [0.29, 0.717) is 56.9 Å². The predicted octanol–water partition coefficient (Wildman–Crippen LogP) is 6.16. The van der Waals surface area contributed by atoms with Gasteiger partial charge in [-0.2, -0.15) is 9.65 Å². The van der Waals surface area contributed by atoms with Gasteiger partial charge in [-0.05, 0) is 50.3 Å². The lowest BCUT2D eigenvalue weighted by atomic mass is 9.96. The minimum Gasteiger partial charge on any atom is -0.383 e. The van der Waals surface area contributed by atoms with Crippen LogP contribution in [0.4, 0.5) is 24.5 Å². The first-order valence-corrected chi connectivity index (χ1v) is 13.5. The maximum atomic E-state index is 14.0. The molecule has 42 heavy (non-hydrogen) atoms. The maximum Gasteiger partial charge on any atom is 0.263 e. The molecule has 0 saturated heterocycles. The Morgan fingerprint density at radius 2 is 1.98 bits per heavy atom. The highest BCUT2D eigenvalue weighted by molar-refractivity contribution is 6.10. The van der Waals surface area contributed by atoms with E-state index in [-0.39, 0.29) is 24.0 Å². The second-order valence-electron chi connectivity index (χ2n) is 11.9. The van der Waals surface area contributed by atoms with Gasteiger partial charge < -0.3 is 10.6 Å². The Bertz CT molecular complexity index is 1720. The lowest BCUT2D eigenvalue weighted by Crippen LogP contribution is -2.26. The monoisotopic (exact) mass is 576 g/mol. The molecule has 0 radical (unpaired) electrons. The van der Waals surface area contributed by atoms with Crippen molar-refractivity contribution < 1.29 is 18.0 Å². The van der Waals surface area contributed by atoms with E-state index < -0.39 is 24.0 Å². The number of nitriles is 1. The van der Waals surface area contributed by atoms with Crippen molar-refractivity contribution in [2.24, 2.45) is 5.41 Å². The molecule has 2 N–H and O–H groups in total. The molecule has 1 saturated carbocycles. The summed E-state index contributed by atoms with van der Waals surface area (Å²) in [7, 11) is 0. The number of carbonyl (C=O) groups excluding carboxylic acids is 1. The number of nitrogens with one attached hydrogen (secondary N) is 2. The van der Waals surface area contributed by atoms with E-state index in [9.17, 15) is 23.2 Å². The normalized spacial score (nSPS) is 15.0. The summed E-state index contributed by atoms with van der Waals surface area (Å²) < 4.78 is 42.8. The smallest absolute Gasteiger partial charge is 0.263 e. The van der Waals surface area contributed by atoms with Gasteiger partial charge in [-0.3, -0.25) is 9.78 Å². The first kappa shape index (κ1) is 29.0. The number of aryl methyl sites for hydroxylation is 1. The van der Waals surface area contributed by atoms with Gasteiger partial charge in [-0.15, -0.1) is 5.10 Å². The van der Waals surface area contributed by atoms with Gasteiger partial charge in [0.25, 0.3) is 6.43 Å². The highest BCUT2D eigenvalue weighted by Crippen LogP contribution is 2.48. The van der Waals surface area contributed by atoms with Crippen LogP contribution >= 0.6 is 0 Å². The fourth-order valence-corrected chi connectivity index (χ4v) is 4.91. The van der Waals surface area contributed by atoms with Crippen molar-refractivity contribution in [1.29, 1.82) is 5.26 Å². The van der Waals surface area contributed by atoms with E-state index in [1.165, 1.54) is 30.1 Å². The van der Waals surface area contributed by atoms with Crippen LogP contribution < -0.4 is 10.6 Å². The number of hydrogen-bond donors (Lipinski definition) is 2. The van der Waals surface area contributed by atoms with Crippen LogP contribution in [0.5, 0.6) is 0 Å². The van der Waals surface area contributed by atoms with E-state index >= 15 is 0 Å². The van der Waals surface area contributed by atoms with Gasteiger partial charge in [0.05, 0.1) is 29.0 Å². The molecule has 0 spiro atoms. The summed E-state index contributed by atoms with van der Waals surface area (Å²) in [4.78, 5) is 21.2. The van der Waals surface area contributed by atoms with Gasteiger partial charge >= 0.3 is 0 Å². The summed E-state index contributed by atoms with van der Waals surface area (Å²) in [6, 6.07) is 7.56. The van der Waals surface area contributed by atoms with E-state index in [0.717, 1.165) is 0 Å². The van der Waals surface area contributed by atoms with Crippen molar-refractivity contribution >= 4 is 28.1 Å². The van der Waals surface area contributed by atoms with E-state index in [4.69, 9.17) is 0 Å². The van der Waals surface area contributed by atoms with Crippen molar-refractivity contribution in [3.05, 3.63) is 70.7 Å². The van der Waals surface area contributed by atoms with Crippen LogP contribution in [-0.2, 0) is 5.54 Å². The zero-order valence-electron chi connectivity index (χ0n) is 24.0. The molecule has 0 bridgehead atoms. The summed E-state index contributed by atoms with van der Waals surface area (Å²) in [6.45, 7) is 9.78. The molecule has 9 nitrogen and oxygen atoms in total. The number of hydrogen-bond acceptors (Lipinski definition) is 8. The number of pyridine rings is 2. The molecule has 218 valence electrons. The van der Waals surface area contributed by atoms with Crippen LogP contribution in [0.15, 0.2) is 36.7 Å². The van der Waals surface area contributed by atoms with Gasteiger partial charge in [-0.1, -0.05) is 32.1 Å². The molecule has 1 aliphatic carbocycles. The molecule has 1 fully saturated rings. The zero-order valence-corrected chi connectivity index (χ0v) is 24.0. The molecule has 12 heteroatoms. The molecular weight excluding hydrogens is 545 g/mol. The summed E-state index contributed by atoms with van der Waals surface area (Å²) in [5.41, 5.74) is 1.82. The molecule has 0 aliphatic heterocycles. The predicted molar refractivity (Wildman–Crippen MR) is 152 cm³/mol.